The van der Waals surface area contributed by atoms with Gasteiger partial charge in [0.05, 0.1) is 23.8 Å². The van der Waals surface area contributed by atoms with Gasteiger partial charge in [0, 0.05) is 11.5 Å². The molecule has 2 rings (SSSR count). The molecule has 18 heavy (non-hydrogen) atoms. The highest BCUT2D eigenvalue weighted by Crippen LogP contribution is 2.27. The highest BCUT2D eigenvalue weighted by Gasteiger charge is 2.10. The third-order valence-corrected chi connectivity index (χ3v) is 2.76. The first kappa shape index (κ1) is 12.8. The zero-order valence-electron chi connectivity index (χ0n) is 9.47. The minimum absolute atomic E-state index is 0.201. The van der Waals surface area contributed by atoms with Crippen molar-refractivity contribution in [2.24, 2.45) is 0 Å². The van der Waals surface area contributed by atoms with Gasteiger partial charge >= 0.3 is 0 Å². The molecule has 3 nitrogen and oxygen atoms in total. The Kier molecular flexibility index (Phi) is 3.76. The van der Waals surface area contributed by atoms with Gasteiger partial charge in [0.2, 0.25) is 0 Å². The first-order valence-corrected chi connectivity index (χ1v) is 5.94. The fraction of sp³-hybridized carbons (Fsp3) is 0.0833. The number of nitrogens with zero attached hydrogens (tertiary/aromatic N) is 1. The maximum atomic E-state index is 13.6. The molecule has 0 atom stereocenters. The second kappa shape index (κ2) is 5.30. The monoisotopic (exact) mass is 313 g/mol. The van der Waals surface area contributed by atoms with E-state index in [1.807, 2.05) is 0 Å². The fourth-order valence-corrected chi connectivity index (χ4v) is 1.85. The molecule has 6 heteroatoms. The lowest BCUT2D eigenvalue weighted by atomic mass is 10.2. The number of pyridine rings is 1. The molecule has 1 aromatic carbocycles. The smallest absolute Gasteiger partial charge is 0.150 e. The van der Waals surface area contributed by atoms with Gasteiger partial charge in [-0.05, 0) is 18.2 Å². The van der Waals surface area contributed by atoms with Gasteiger partial charge in [0.15, 0.2) is 11.6 Å². The van der Waals surface area contributed by atoms with Crippen LogP contribution in [0.25, 0.3) is 0 Å². The summed E-state index contributed by atoms with van der Waals surface area (Å²) < 4.78 is 27.6. The van der Waals surface area contributed by atoms with Crippen molar-refractivity contribution >= 4 is 33.0 Å². The van der Waals surface area contributed by atoms with E-state index in [0.29, 0.717) is 10.2 Å². The summed E-state index contributed by atoms with van der Waals surface area (Å²) >= 11 is 3.03. The van der Waals surface area contributed by atoms with Gasteiger partial charge in [-0.3, -0.25) is 4.98 Å². The van der Waals surface area contributed by atoms with Gasteiger partial charge in [-0.25, -0.2) is 8.78 Å². The molecule has 0 aliphatic heterocycles. The molecule has 0 saturated heterocycles. The summed E-state index contributed by atoms with van der Waals surface area (Å²) in [6.07, 6.45) is 3.10. The normalized spacial score (nSPS) is 10.2. The van der Waals surface area contributed by atoms with Crippen LogP contribution in [0.2, 0.25) is 0 Å². The van der Waals surface area contributed by atoms with Crippen LogP contribution in [0.4, 0.5) is 25.8 Å². The Morgan fingerprint density at radius 1 is 1.06 bits per heavy atom. The Hall–Kier alpha value is -1.69. The van der Waals surface area contributed by atoms with Crippen LogP contribution < -0.4 is 10.6 Å². The first-order chi connectivity index (χ1) is 8.60. The van der Waals surface area contributed by atoms with E-state index in [2.05, 4.69) is 31.5 Å². The number of anilines is 3. The summed E-state index contributed by atoms with van der Waals surface area (Å²) in [6.45, 7) is 0. The molecular formula is C12H10BrF2N3. The molecule has 1 aromatic heterocycles. The van der Waals surface area contributed by atoms with Crippen LogP contribution in [0.15, 0.2) is 35.1 Å². The van der Waals surface area contributed by atoms with E-state index in [-0.39, 0.29) is 5.69 Å². The van der Waals surface area contributed by atoms with Crippen molar-refractivity contribution in [3.05, 3.63) is 46.7 Å². The topological polar surface area (TPSA) is 37.0 Å². The molecule has 0 radical (unpaired) electrons. The van der Waals surface area contributed by atoms with E-state index in [9.17, 15) is 8.78 Å². The summed E-state index contributed by atoms with van der Waals surface area (Å²) in [4.78, 5) is 3.95. The lowest BCUT2D eigenvalue weighted by Gasteiger charge is -2.10. The molecule has 94 valence electrons. The third kappa shape index (κ3) is 2.76. The fourth-order valence-electron chi connectivity index (χ4n) is 1.45. The number of rotatable bonds is 3. The first-order valence-electron chi connectivity index (χ1n) is 5.14. The van der Waals surface area contributed by atoms with Crippen LogP contribution in [0, 0.1) is 11.6 Å². The average Bonchev–Trinajstić information content (AvgIpc) is 2.34. The van der Waals surface area contributed by atoms with Crippen molar-refractivity contribution in [2.75, 3.05) is 17.7 Å². The van der Waals surface area contributed by atoms with E-state index in [4.69, 9.17) is 0 Å². The molecule has 0 fully saturated rings. The molecule has 0 saturated carbocycles. The second-order valence-corrected chi connectivity index (χ2v) is 4.50. The van der Waals surface area contributed by atoms with Gasteiger partial charge < -0.3 is 10.6 Å². The van der Waals surface area contributed by atoms with Crippen molar-refractivity contribution in [1.82, 2.24) is 4.98 Å². The van der Waals surface area contributed by atoms with E-state index < -0.39 is 11.6 Å². The van der Waals surface area contributed by atoms with E-state index >= 15 is 0 Å². The number of benzene rings is 1. The quantitative estimate of drug-likeness (QED) is 0.902. The van der Waals surface area contributed by atoms with E-state index in [1.54, 1.807) is 19.3 Å². The van der Waals surface area contributed by atoms with Crippen molar-refractivity contribution in [1.29, 1.82) is 0 Å². The van der Waals surface area contributed by atoms with Gasteiger partial charge in [0.25, 0.3) is 0 Å². The standard InChI is InChI=1S/C12H10BrF2N3/c1-16-8-4-9(6-17-5-8)18-12-10(14)2-7(13)3-11(12)15/h2-6,16,18H,1H3. The van der Waals surface area contributed by atoms with Crippen molar-refractivity contribution in [3.8, 4) is 0 Å². The number of aromatic nitrogens is 1. The highest BCUT2D eigenvalue weighted by molar-refractivity contribution is 9.10. The van der Waals surface area contributed by atoms with Gasteiger partial charge in [-0.15, -0.1) is 0 Å². The Morgan fingerprint density at radius 3 is 2.28 bits per heavy atom. The van der Waals surface area contributed by atoms with Crippen LogP contribution in [-0.4, -0.2) is 12.0 Å². The lowest BCUT2D eigenvalue weighted by molar-refractivity contribution is 0.589. The molecule has 0 aliphatic carbocycles. The molecule has 2 N–H and O–H groups in total. The molecular weight excluding hydrogens is 304 g/mol. The maximum Gasteiger partial charge on any atom is 0.150 e. The highest BCUT2D eigenvalue weighted by atomic mass is 79.9. The van der Waals surface area contributed by atoms with Gasteiger partial charge in [0.1, 0.15) is 5.69 Å². The van der Waals surface area contributed by atoms with Crippen molar-refractivity contribution < 1.29 is 8.78 Å². The predicted molar refractivity (Wildman–Crippen MR) is 71.1 cm³/mol. The Balaban J connectivity index is 2.33. The SMILES string of the molecule is CNc1cncc(Nc2c(F)cc(Br)cc2F)c1. The zero-order valence-corrected chi connectivity index (χ0v) is 11.1. The minimum Gasteiger partial charge on any atom is -0.387 e. The van der Waals surface area contributed by atoms with Crippen LogP contribution in [0.1, 0.15) is 0 Å². The summed E-state index contributed by atoms with van der Waals surface area (Å²) in [7, 11) is 1.74. The molecule has 2 aromatic rings. The minimum atomic E-state index is -0.670. The van der Waals surface area contributed by atoms with E-state index in [0.717, 1.165) is 5.69 Å². The maximum absolute atomic E-state index is 13.6. The van der Waals surface area contributed by atoms with Crippen molar-refractivity contribution in [3.63, 3.8) is 0 Å². The predicted octanol–water partition coefficient (Wildman–Crippen LogP) is 3.91. The third-order valence-electron chi connectivity index (χ3n) is 2.30. The Labute approximate surface area is 111 Å². The van der Waals surface area contributed by atoms with Gasteiger partial charge in [-0.1, -0.05) is 15.9 Å². The number of hydrogen-bond acceptors (Lipinski definition) is 3. The van der Waals surface area contributed by atoms with Crippen LogP contribution in [-0.2, 0) is 0 Å². The molecule has 0 aliphatic rings. The zero-order chi connectivity index (χ0) is 13.1. The van der Waals surface area contributed by atoms with Crippen molar-refractivity contribution in [2.45, 2.75) is 0 Å². The second-order valence-electron chi connectivity index (χ2n) is 3.58. The van der Waals surface area contributed by atoms with E-state index in [1.165, 1.54) is 18.3 Å². The van der Waals surface area contributed by atoms with Crippen LogP contribution in [0.3, 0.4) is 0 Å². The largest absolute Gasteiger partial charge is 0.387 e. The molecule has 0 amide bonds. The lowest BCUT2D eigenvalue weighted by Crippen LogP contribution is -1.99. The van der Waals surface area contributed by atoms with Crippen LogP contribution >= 0.6 is 15.9 Å². The molecule has 1 heterocycles. The summed E-state index contributed by atoms with van der Waals surface area (Å²) in [5, 5.41) is 5.56. The van der Waals surface area contributed by atoms with Crippen LogP contribution in [0.5, 0.6) is 0 Å². The molecule has 0 unspecified atom stereocenters. The average molecular weight is 314 g/mol. The summed E-state index contributed by atoms with van der Waals surface area (Å²) in [5.41, 5.74) is 1.05. The number of halogens is 3. The molecule has 0 bridgehead atoms. The van der Waals surface area contributed by atoms with Gasteiger partial charge in [-0.2, -0.15) is 0 Å². The number of nitrogens with one attached hydrogen (secondary N) is 2. The summed E-state index contributed by atoms with van der Waals surface area (Å²) in [5.74, 6) is -1.34. The Morgan fingerprint density at radius 2 is 1.67 bits per heavy atom. The number of hydrogen-bond donors (Lipinski definition) is 2. The Bertz CT molecular complexity index is 552. The summed E-state index contributed by atoms with van der Waals surface area (Å²) in [6, 6.07) is 4.09. The molecule has 0 spiro atoms.